The molecule has 3 aliphatic rings. The molecular weight excluding hydrogens is 789 g/mol. The van der Waals surface area contributed by atoms with E-state index in [1.54, 1.807) is 36.8 Å². The van der Waals surface area contributed by atoms with Crippen LogP contribution in [0.1, 0.15) is 41.3 Å². The number of nitrogens with zero attached hydrogens (tertiary/aromatic N) is 4. The lowest BCUT2D eigenvalue weighted by atomic mass is 9.77. The van der Waals surface area contributed by atoms with Crippen molar-refractivity contribution in [3.05, 3.63) is 160 Å². The third-order valence-corrected chi connectivity index (χ3v) is 12.3. The van der Waals surface area contributed by atoms with Crippen molar-refractivity contribution in [3.63, 3.8) is 0 Å². The number of rotatable bonds is 14. The monoisotopic (exact) mass is 828 g/mol. The van der Waals surface area contributed by atoms with Crippen molar-refractivity contribution in [3.8, 4) is 5.75 Å². The van der Waals surface area contributed by atoms with E-state index in [1.165, 1.54) is 35.1 Å². The fourth-order valence-electron chi connectivity index (χ4n) is 7.39. The molecule has 0 saturated carbocycles. The predicted molar refractivity (Wildman–Crippen MR) is 226 cm³/mol. The first-order chi connectivity index (χ1) is 28.8. The number of aromatic nitrogens is 1. The highest BCUT2D eigenvalue weighted by atomic mass is 32.2. The van der Waals surface area contributed by atoms with Gasteiger partial charge in [-0.2, -0.15) is 0 Å². The molecule has 0 radical (unpaired) electrons. The Hall–Kier alpha value is -6.45. The number of thioether (sulfide) groups is 1. The molecule has 0 spiro atoms. The van der Waals surface area contributed by atoms with Crippen molar-refractivity contribution in [2.75, 3.05) is 25.3 Å². The molecule has 1 aromatic heterocycles. The van der Waals surface area contributed by atoms with Crippen molar-refractivity contribution in [1.29, 1.82) is 0 Å². The number of carbonyl (C=O) groups is 3. The van der Waals surface area contributed by atoms with E-state index >= 15 is 0 Å². The molecule has 0 aliphatic carbocycles. The largest absolute Gasteiger partial charge is 0.497 e. The Bertz CT molecular complexity index is 2330. The Kier molecular flexibility index (Phi) is 11.5. The van der Waals surface area contributed by atoms with E-state index in [4.69, 9.17) is 24.1 Å². The van der Waals surface area contributed by atoms with Gasteiger partial charge in [0.25, 0.3) is 11.8 Å². The fourth-order valence-corrected chi connectivity index (χ4v) is 9.55. The van der Waals surface area contributed by atoms with E-state index in [9.17, 15) is 14.4 Å². The minimum Gasteiger partial charge on any atom is -0.497 e. The number of benzene rings is 4. The Morgan fingerprint density at radius 3 is 2.10 bits per heavy atom. The molecule has 59 heavy (non-hydrogen) atoms. The third-order valence-electron chi connectivity index (χ3n) is 10.3. The summed E-state index contributed by atoms with van der Waals surface area (Å²) in [6.07, 6.45) is -0.0477. The molecule has 300 valence electrons. The Labute approximate surface area is 349 Å². The Morgan fingerprint density at radius 2 is 1.54 bits per heavy atom. The third kappa shape index (κ3) is 7.78. The minimum absolute atomic E-state index is 0.0227. The zero-order valence-corrected chi connectivity index (χ0v) is 34.0. The van der Waals surface area contributed by atoms with Crippen molar-refractivity contribution in [2.45, 2.75) is 43.0 Å². The number of nitrogens with one attached hydrogen (secondary N) is 2. The van der Waals surface area contributed by atoms with Crippen LogP contribution in [0.15, 0.2) is 142 Å². The van der Waals surface area contributed by atoms with Gasteiger partial charge in [0.2, 0.25) is 0 Å². The maximum Gasteiger partial charge on any atom is 0.355 e. The summed E-state index contributed by atoms with van der Waals surface area (Å²) in [5.41, 5.74) is 4.46. The molecule has 2 unspecified atom stereocenters. The number of ether oxygens (including phenoxy) is 2. The summed E-state index contributed by atoms with van der Waals surface area (Å²) in [4.78, 5) is 58.9. The van der Waals surface area contributed by atoms with E-state index < -0.39 is 40.8 Å². The first-order valence-electron chi connectivity index (χ1n) is 18.8. The lowest BCUT2D eigenvalue weighted by molar-refractivity contribution is -0.153. The van der Waals surface area contributed by atoms with Gasteiger partial charge in [-0.25, -0.2) is 9.78 Å². The SMILES string of the molecule is CO/N=C(\C(=O)NC1C(=O)N2C(C(=O)OCc3ccc(OC)cc3)=C([C@H]3CC(C)=NO3)CSC12)c1csc(NC(c2ccccc2)(c2ccccc2)c2ccccc2)n1. The molecule has 5 aromatic rings. The van der Waals surface area contributed by atoms with Crippen molar-refractivity contribution in [1.82, 2.24) is 15.2 Å². The summed E-state index contributed by atoms with van der Waals surface area (Å²) >= 11 is 2.72. The summed E-state index contributed by atoms with van der Waals surface area (Å²) < 4.78 is 11.0. The molecule has 1 fully saturated rings. The average molecular weight is 829 g/mol. The summed E-state index contributed by atoms with van der Waals surface area (Å²) in [6.45, 7) is 1.82. The molecule has 3 aliphatic heterocycles. The molecule has 4 aromatic carbocycles. The molecule has 2 amide bonds. The number of carbonyl (C=O) groups excluding carboxylic acids is 3. The number of hydrogen-bond acceptors (Lipinski definition) is 13. The topological polar surface area (TPSA) is 153 Å². The number of oxime groups is 2. The number of hydrogen-bond donors (Lipinski definition) is 2. The average Bonchev–Trinajstić information content (AvgIpc) is 3.94. The standard InChI is InChI=1S/C44H40N6O7S2/c1-27-23-35(57-48-27)33-25-58-41-37(40(52)50(41)38(33)42(53)56-24-28-19-21-32(54-2)22-20-28)46-39(51)36(49-55-3)34-26-59-43(45-34)47-44(29-13-7-4-8-14-29,30-15-9-5-10-16-30)31-17-11-6-12-18-31/h4-22,26,35,37,41H,23-25H2,1-3H3,(H,45,47)(H,46,51)/b49-36-/t35-,37?,41?/m1/s1. The van der Waals surface area contributed by atoms with Gasteiger partial charge in [0.15, 0.2) is 16.9 Å². The van der Waals surface area contributed by atoms with Crippen molar-refractivity contribution in [2.24, 2.45) is 10.3 Å². The van der Waals surface area contributed by atoms with Gasteiger partial charge in [-0.3, -0.25) is 14.5 Å². The van der Waals surface area contributed by atoms with Gasteiger partial charge in [-0.15, -0.1) is 23.1 Å². The summed E-state index contributed by atoms with van der Waals surface area (Å²) in [6, 6.07) is 36.4. The van der Waals surface area contributed by atoms with Crippen LogP contribution in [0.2, 0.25) is 0 Å². The number of thiazole rings is 1. The first kappa shape index (κ1) is 39.4. The zero-order chi connectivity index (χ0) is 40.9. The summed E-state index contributed by atoms with van der Waals surface area (Å²) in [5, 5.41) is 16.3. The molecule has 2 N–H and O–H groups in total. The highest BCUT2D eigenvalue weighted by molar-refractivity contribution is 8.00. The molecule has 3 atom stereocenters. The van der Waals surface area contributed by atoms with Crippen LogP contribution in [-0.2, 0) is 40.9 Å². The maximum absolute atomic E-state index is 14.0. The van der Waals surface area contributed by atoms with Gasteiger partial charge in [-0.1, -0.05) is 113 Å². The number of amides is 2. The van der Waals surface area contributed by atoms with Gasteiger partial charge in [0.1, 0.15) is 47.8 Å². The lowest BCUT2D eigenvalue weighted by Crippen LogP contribution is -2.71. The molecule has 15 heteroatoms. The number of esters is 1. The van der Waals surface area contributed by atoms with Crippen LogP contribution >= 0.6 is 23.1 Å². The number of anilines is 1. The number of methoxy groups -OCH3 is 1. The normalized spacial score (nSPS) is 18.9. The van der Waals surface area contributed by atoms with Gasteiger partial charge in [0.05, 0.1) is 12.8 Å². The zero-order valence-electron chi connectivity index (χ0n) is 32.4. The van der Waals surface area contributed by atoms with Gasteiger partial charge in [0, 0.05) is 23.1 Å². The van der Waals surface area contributed by atoms with Crippen LogP contribution in [0.25, 0.3) is 0 Å². The maximum atomic E-state index is 14.0. The van der Waals surface area contributed by atoms with Gasteiger partial charge < -0.3 is 29.8 Å². The van der Waals surface area contributed by atoms with Crippen LogP contribution in [0.5, 0.6) is 5.75 Å². The van der Waals surface area contributed by atoms with Crippen LogP contribution in [0, 0.1) is 0 Å². The van der Waals surface area contributed by atoms with Gasteiger partial charge >= 0.3 is 5.97 Å². The van der Waals surface area contributed by atoms with Crippen molar-refractivity contribution < 1.29 is 33.5 Å². The second-order valence-electron chi connectivity index (χ2n) is 13.9. The molecule has 13 nitrogen and oxygen atoms in total. The molecular formula is C44H40N6O7S2. The van der Waals surface area contributed by atoms with Crippen LogP contribution in [0.3, 0.4) is 0 Å². The smallest absolute Gasteiger partial charge is 0.355 e. The Morgan fingerprint density at radius 1 is 0.915 bits per heavy atom. The second kappa shape index (κ2) is 17.2. The van der Waals surface area contributed by atoms with E-state index in [0.29, 0.717) is 28.6 Å². The lowest BCUT2D eigenvalue weighted by Gasteiger charge is -2.50. The first-order valence-corrected chi connectivity index (χ1v) is 20.7. The molecule has 1 saturated heterocycles. The molecule has 4 heterocycles. The highest BCUT2D eigenvalue weighted by Crippen LogP contribution is 2.44. The van der Waals surface area contributed by atoms with E-state index in [-0.39, 0.29) is 23.7 Å². The highest BCUT2D eigenvalue weighted by Gasteiger charge is 2.56. The fraction of sp³-hybridized carbons (Fsp3) is 0.227. The van der Waals surface area contributed by atoms with Crippen LogP contribution in [0.4, 0.5) is 5.13 Å². The summed E-state index contributed by atoms with van der Waals surface area (Å²) in [7, 11) is 2.91. The van der Waals surface area contributed by atoms with E-state index in [0.717, 1.165) is 28.0 Å². The van der Waals surface area contributed by atoms with Gasteiger partial charge in [-0.05, 0) is 41.3 Å². The second-order valence-corrected chi connectivity index (χ2v) is 15.9. The van der Waals surface area contributed by atoms with E-state index in [2.05, 4.69) is 57.3 Å². The predicted octanol–water partition coefficient (Wildman–Crippen LogP) is 6.47. The van der Waals surface area contributed by atoms with Crippen LogP contribution in [-0.4, -0.2) is 76.6 Å². The number of fused-ring (bicyclic) bond motifs is 1. The van der Waals surface area contributed by atoms with Crippen LogP contribution < -0.4 is 15.4 Å². The molecule has 8 rings (SSSR count). The Balaban J connectivity index is 1.03. The minimum atomic E-state index is -0.971. The van der Waals surface area contributed by atoms with E-state index in [1.807, 2.05) is 61.5 Å². The number of β-lactam (4-membered cyclic amide) rings is 1. The summed E-state index contributed by atoms with van der Waals surface area (Å²) in [5.74, 6) is -0.783. The quantitative estimate of drug-likeness (QED) is 0.0419. The van der Waals surface area contributed by atoms with Crippen molar-refractivity contribution >= 4 is 57.4 Å². The molecule has 0 bridgehead atoms.